The molecular weight excluding hydrogens is 224 g/mol. The molecule has 0 spiro atoms. The summed E-state index contributed by atoms with van der Waals surface area (Å²) in [6.07, 6.45) is 3.99. The smallest absolute Gasteiger partial charge is 0.270 e. The highest BCUT2D eigenvalue weighted by Gasteiger charge is 2.07. The minimum Gasteiger partial charge on any atom is -0.369 e. The fourth-order valence-electron chi connectivity index (χ4n) is 0.991. The van der Waals surface area contributed by atoms with Gasteiger partial charge in [0.05, 0.1) is 25.4 Å². The summed E-state index contributed by atoms with van der Waals surface area (Å²) >= 11 is 1.49. The predicted octanol–water partition coefficient (Wildman–Crippen LogP) is 1.14. The number of hydrogen-bond acceptors (Lipinski definition) is 5. The van der Waals surface area contributed by atoms with E-state index in [1.807, 2.05) is 25.3 Å². The van der Waals surface area contributed by atoms with Crippen molar-refractivity contribution in [2.75, 3.05) is 20.4 Å². The van der Waals surface area contributed by atoms with Crippen LogP contribution < -0.4 is 0 Å². The van der Waals surface area contributed by atoms with Crippen molar-refractivity contribution in [3.8, 4) is 6.07 Å². The molecule has 0 radical (unpaired) electrons. The van der Waals surface area contributed by atoms with E-state index in [0.29, 0.717) is 18.9 Å². The molecule has 0 aliphatic rings. The third kappa shape index (κ3) is 3.55. The molecule has 0 aromatic carbocycles. The lowest BCUT2D eigenvalue weighted by molar-refractivity contribution is 0.571. The van der Waals surface area contributed by atoms with Crippen LogP contribution in [-0.2, 0) is 6.54 Å². The summed E-state index contributed by atoms with van der Waals surface area (Å²) in [6.45, 7) is 0.553. The maximum atomic E-state index is 8.52. The van der Waals surface area contributed by atoms with Crippen LogP contribution in [0.1, 0.15) is 6.42 Å². The first-order valence-electron chi connectivity index (χ1n) is 4.73. The zero-order chi connectivity index (χ0) is 12.0. The van der Waals surface area contributed by atoms with E-state index in [4.69, 9.17) is 5.26 Å². The Morgan fingerprint density at radius 2 is 2.38 bits per heavy atom. The SMILES string of the molecule is CSc1nc(/N=C/N(C)C)nn1CCC#N. The molecule has 0 N–H and O–H groups in total. The van der Waals surface area contributed by atoms with Crippen molar-refractivity contribution < 1.29 is 0 Å². The van der Waals surface area contributed by atoms with Gasteiger partial charge in [-0.05, 0) is 6.26 Å². The van der Waals surface area contributed by atoms with Gasteiger partial charge in [-0.15, -0.1) is 5.10 Å². The van der Waals surface area contributed by atoms with Gasteiger partial charge in [-0.2, -0.15) is 10.2 Å². The van der Waals surface area contributed by atoms with Crippen molar-refractivity contribution in [3.05, 3.63) is 0 Å². The van der Waals surface area contributed by atoms with Crippen LogP contribution in [0.3, 0.4) is 0 Å². The number of aryl methyl sites for hydroxylation is 1. The van der Waals surface area contributed by atoms with E-state index in [-0.39, 0.29) is 0 Å². The van der Waals surface area contributed by atoms with Gasteiger partial charge in [-0.3, -0.25) is 0 Å². The number of nitrogens with zero attached hydrogens (tertiary/aromatic N) is 6. The van der Waals surface area contributed by atoms with E-state index >= 15 is 0 Å². The fraction of sp³-hybridized carbons (Fsp3) is 0.556. The zero-order valence-corrected chi connectivity index (χ0v) is 10.4. The topological polar surface area (TPSA) is 70.1 Å². The Morgan fingerprint density at radius 3 is 2.94 bits per heavy atom. The van der Waals surface area contributed by atoms with Gasteiger partial charge >= 0.3 is 0 Å². The Morgan fingerprint density at radius 1 is 1.62 bits per heavy atom. The highest BCUT2D eigenvalue weighted by molar-refractivity contribution is 7.98. The minimum absolute atomic E-state index is 0.424. The summed E-state index contributed by atoms with van der Waals surface area (Å²) in [5, 5.41) is 13.5. The van der Waals surface area contributed by atoms with Crippen LogP contribution in [0.25, 0.3) is 0 Å². The van der Waals surface area contributed by atoms with Gasteiger partial charge in [0.15, 0.2) is 5.16 Å². The Balaban J connectivity index is 2.81. The van der Waals surface area contributed by atoms with Crippen LogP contribution in [0.4, 0.5) is 5.95 Å². The van der Waals surface area contributed by atoms with Crippen molar-refractivity contribution >= 4 is 24.0 Å². The molecule has 0 bridgehead atoms. The molecule has 0 unspecified atom stereocenters. The lowest BCUT2D eigenvalue weighted by Crippen LogP contribution is -2.07. The van der Waals surface area contributed by atoms with Gasteiger partial charge in [0, 0.05) is 14.1 Å². The van der Waals surface area contributed by atoms with Gasteiger partial charge in [0.1, 0.15) is 0 Å². The summed E-state index contributed by atoms with van der Waals surface area (Å²) < 4.78 is 1.70. The van der Waals surface area contributed by atoms with Crippen LogP contribution in [0, 0.1) is 11.3 Å². The number of thioether (sulfide) groups is 1. The van der Waals surface area contributed by atoms with Crippen molar-refractivity contribution in [2.45, 2.75) is 18.1 Å². The molecule has 0 fully saturated rings. The Bertz CT molecular complexity index is 403. The molecular formula is C9H14N6S. The molecule has 0 aliphatic carbocycles. The van der Waals surface area contributed by atoms with E-state index in [1.165, 1.54) is 11.8 Å². The Labute approximate surface area is 99.0 Å². The monoisotopic (exact) mass is 238 g/mol. The Kier molecular flexibility index (Phi) is 4.79. The number of aromatic nitrogens is 3. The fourth-order valence-corrected chi connectivity index (χ4v) is 1.51. The molecule has 86 valence electrons. The second-order valence-corrected chi connectivity index (χ2v) is 4.01. The molecule has 16 heavy (non-hydrogen) atoms. The normalized spacial score (nSPS) is 10.6. The molecule has 0 saturated heterocycles. The van der Waals surface area contributed by atoms with Gasteiger partial charge < -0.3 is 4.90 Å². The third-order valence-electron chi connectivity index (χ3n) is 1.65. The van der Waals surface area contributed by atoms with Crippen LogP contribution in [0.5, 0.6) is 0 Å². The van der Waals surface area contributed by atoms with Crippen molar-refractivity contribution in [3.63, 3.8) is 0 Å². The van der Waals surface area contributed by atoms with Crippen molar-refractivity contribution in [1.82, 2.24) is 19.7 Å². The summed E-state index contributed by atoms with van der Waals surface area (Å²) in [4.78, 5) is 10.2. The van der Waals surface area contributed by atoms with Crippen LogP contribution in [0.2, 0.25) is 0 Å². The minimum atomic E-state index is 0.424. The van der Waals surface area contributed by atoms with E-state index < -0.39 is 0 Å². The standard InChI is InChI=1S/C9H14N6S/c1-14(2)7-11-8-12-9(16-3)15(13-8)6-4-5-10/h7H,4,6H2,1-3H3/b11-7+. The average Bonchev–Trinajstić information content (AvgIpc) is 2.66. The lowest BCUT2D eigenvalue weighted by Gasteiger charge is -1.99. The molecule has 0 amide bonds. The summed E-state index contributed by atoms with van der Waals surface area (Å²) in [5.74, 6) is 0.427. The molecule has 0 saturated carbocycles. The quantitative estimate of drug-likeness (QED) is 0.437. The zero-order valence-electron chi connectivity index (χ0n) is 9.58. The summed E-state index contributed by atoms with van der Waals surface area (Å²) in [5.41, 5.74) is 0. The second kappa shape index (κ2) is 6.12. The maximum absolute atomic E-state index is 8.52. The van der Waals surface area contributed by atoms with Crippen LogP contribution >= 0.6 is 11.8 Å². The number of rotatable bonds is 5. The predicted molar refractivity (Wildman–Crippen MR) is 63.9 cm³/mol. The lowest BCUT2D eigenvalue weighted by atomic mass is 10.5. The molecule has 1 heterocycles. The molecule has 0 aliphatic heterocycles. The van der Waals surface area contributed by atoms with Gasteiger partial charge in [-0.1, -0.05) is 11.8 Å². The first-order valence-corrected chi connectivity index (χ1v) is 5.96. The van der Waals surface area contributed by atoms with Crippen LogP contribution in [0.15, 0.2) is 10.1 Å². The number of nitriles is 1. The maximum Gasteiger partial charge on any atom is 0.270 e. The van der Waals surface area contributed by atoms with Gasteiger partial charge in [0.2, 0.25) is 0 Å². The average molecular weight is 238 g/mol. The largest absolute Gasteiger partial charge is 0.369 e. The molecule has 1 rings (SSSR count). The summed E-state index contributed by atoms with van der Waals surface area (Å²) in [6, 6.07) is 2.08. The van der Waals surface area contributed by atoms with E-state index in [0.717, 1.165) is 5.16 Å². The molecule has 6 nitrogen and oxygen atoms in total. The first kappa shape index (κ1) is 12.5. The highest BCUT2D eigenvalue weighted by atomic mass is 32.2. The number of hydrogen-bond donors (Lipinski definition) is 0. The van der Waals surface area contributed by atoms with E-state index in [9.17, 15) is 0 Å². The summed E-state index contributed by atoms with van der Waals surface area (Å²) in [7, 11) is 3.76. The first-order chi connectivity index (χ1) is 7.67. The molecule has 0 atom stereocenters. The van der Waals surface area contributed by atoms with Gasteiger partial charge in [0.25, 0.3) is 5.95 Å². The van der Waals surface area contributed by atoms with E-state index in [2.05, 4.69) is 21.1 Å². The molecule has 1 aromatic rings. The van der Waals surface area contributed by atoms with Gasteiger partial charge in [-0.25, -0.2) is 9.67 Å². The van der Waals surface area contributed by atoms with Crippen molar-refractivity contribution in [1.29, 1.82) is 5.26 Å². The van der Waals surface area contributed by atoms with E-state index in [1.54, 1.807) is 11.0 Å². The van der Waals surface area contributed by atoms with Crippen LogP contribution in [-0.4, -0.2) is 46.4 Å². The third-order valence-corrected chi connectivity index (χ3v) is 2.32. The molecule has 1 aromatic heterocycles. The Hall–Kier alpha value is -1.55. The second-order valence-electron chi connectivity index (χ2n) is 3.24. The highest BCUT2D eigenvalue weighted by Crippen LogP contribution is 2.16. The number of aliphatic imine (C=N–C) groups is 1. The molecule has 7 heteroatoms. The van der Waals surface area contributed by atoms with Crippen molar-refractivity contribution in [2.24, 2.45) is 4.99 Å².